The SMILES string of the molecule is Cc1ccc(CN(C)S(=O)(=O)c2ccc(C(=O)O)c(C(=O)O)c2)o1. The Morgan fingerprint density at radius 1 is 1.08 bits per heavy atom. The molecule has 128 valence electrons. The number of carbonyl (C=O) groups is 2. The van der Waals surface area contributed by atoms with Crippen LogP contribution >= 0.6 is 0 Å². The van der Waals surface area contributed by atoms with Gasteiger partial charge in [0, 0.05) is 7.05 Å². The standard InChI is InChI=1S/C15H15NO7S/c1-9-3-4-10(23-9)8-16(2)24(21,22)11-5-6-12(14(17)18)13(7-11)15(19)20/h3-7H,8H2,1-2H3,(H,17,18)(H,19,20). The number of sulfonamides is 1. The molecule has 9 heteroatoms. The van der Waals surface area contributed by atoms with Crippen molar-refractivity contribution in [2.75, 3.05) is 7.05 Å². The molecule has 8 nitrogen and oxygen atoms in total. The fourth-order valence-electron chi connectivity index (χ4n) is 2.10. The molecular weight excluding hydrogens is 338 g/mol. The largest absolute Gasteiger partial charge is 0.478 e. The van der Waals surface area contributed by atoms with Crippen LogP contribution in [0.4, 0.5) is 0 Å². The molecule has 0 aliphatic heterocycles. The first-order valence-corrected chi connectivity index (χ1v) is 8.19. The summed E-state index contributed by atoms with van der Waals surface area (Å²) in [6.07, 6.45) is 0. The Morgan fingerprint density at radius 3 is 2.21 bits per heavy atom. The summed E-state index contributed by atoms with van der Waals surface area (Å²) in [5.74, 6) is -1.90. The van der Waals surface area contributed by atoms with E-state index in [9.17, 15) is 18.0 Å². The smallest absolute Gasteiger partial charge is 0.336 e. The van der Waals surface area contributed by atoms with Crippen molar-refractivity contribution in [1.29, 1.82) is 0 Å². The second-order valence-electron chi connectivity index (χ2n) is 5.09. The molecule has 0 atom stereocenters. The van der Waals surface area contributed by atoms with Crippen LogP contribution in [0.3, 0.4) is 0 Å². The van der Waals surface area contributed by atoms with Gasteiger partial charge in [-0.3, -0.25) is 0 Å². The topological polar surface area (TPSA) is 125 Å². The molecule has 1 heterocycles. The van der Waals surface area contributed by atoms with Gasteiger partial charge in [0.15, 0.2) is 0 Å². The Bertz CT molecular complexity index is 898. The number of benzene rings is 1. The minimum atomic E-state index is -4.01. The van der Waals surface area contributed by atoms with Crippen LogP contribution in [-0.4, -0.2) is 41.9 Å². The number of aromatic carboxylic acids is 2. The van der Waals surface area contributed by atoms with Crippen molar-refractivity contribution in [3.8, 4) is 0 Å². The van der Waals surface area contributed by atoms with E-state index in [1.54, 1.807) is 19.1 Å². The first kappa shape index (κ1) is 17.7. The van der Waals surface area contributed by atoms with Gasteiger partial charge < -0.3 is 14.6 Å². The number of furan rings is 1. The molecule has 0 bridgehead atoms. The van der Waals surface area contributed by atoms with Crippen LogP contribution < -0.4 is 0 Å². The van der Waals surface area contributed by atoms with Crippen molar-refractivity contribution in [2.24, 2.45) is 0 Å². The highest BCUT2D eigenvalue weighted by molar-refractivity contribution is 7.89. The molecule has 24 heavy (non-hydrogen) atoms. The number of nitrogens with zero attached hydrogens (tertiary/aromatic N) is 1. The van der Waals surface area contributed by atoms with E-state index in [4.69, 9.17) is 14.6 Å². The summed E-state index contributed by atoms with van der Waals surface area (Å²) in [5.41, 5.74) is -1.07. The van der Waals surface area contributed by atoms with Crippen molar-refractivity contribution < 1.29 is 32.6 Å². The zero-order valence-corrected chi connectivity index (χ0v) is 13.7. The minimum absolute atomic E-state index is 0.0424. The summed E-state index contributed by atoms with van der Waals surface area (Å²) in [4.78, 5) is 21.9. The number of hydrogen-bond donors (Lipinski definition) is 2. The number of aryl methyl sites for hydroxylation is 1. The fraction of sp³-hybridized carbons (Fsp3) is 0.200. The van der Waals surface area contributed by atoms with Crippen LogP contribution in [0.15, 0.2) is 39.6 Å². The third-order valence-corrected chi connectivity index (χ3v) is 5.13. The molecule has 1 aromatic carbocycles. The van der Waals surface area contributed by atoms with Crippen LogP contribution in [0.1, 0.15) is 32.2 Å². The molecule has 0 unspecified atom stereocenters. The van der Waals surface area contributed by atoms with E-state index < -0.39 is 33.1 Å². The van der Waals surface area contributed by atoms with E-state index in [1.165, 1.54) is 7.05 Å². The summed E-state index contributed by atoms with van der Waals surface area (Å²) in [6, 6.07) is 6.20. The zero-order valence-electron chi connectivity index (χ0n) is 12.9. The maximum absolute atomic E-state index is 12.5. The lowest BCUT2D eigenvalue weighted by Crippen LogP contribution is -2.26. The predicted molar refractivity (Wildman–Crippen MR) is 82.5 cm³/mol. The maximum atomic E-state index is 12.5. The Morgan fingerprint density at radius 2 is 1.71 bits per heavy atom. The summed E-state index contributed by atoms with van der Waals surface area (Å²) < 4.78 is 31.4. The third kappa shape index (κ3) is 3.47. The lowest BCUT2D eigenvalue weighted by Gasteiger charge is -2.16. The second-order valence-corrected chi connectivity index (χ2v) is 7.14. The van der Waals surface area contributed by atoms with E-state index in [-0.39, 0.29) is 11.4 Å². The molecule has 0 fully saturated rings. The zero-order chi connectivity index (χ0) is 18.1. The molecule has 2 rings (SSSR count). The molecule has 2 N–H and O–H groups in total. The third-order valence-electron chi connectivity index (χ3n) is 3.33. The molecule has 0 saturated carbocycles. The van der Waals surface area contributed by atoms with Gasteiger partial charge in [0.2, 0.25) is 10.0 Å². The Balaban J connectivity index is 2.39. The van der Waals surface area contributed by atoms with E-state index in [2.05, 4.69) is 0 Å². The molecule has 0 amide bonds. The van der Waals surface area contributed by atoms with Gasteiger partial charge in [0.25, 0.3) is 0 Å². The number of hydrogen-bond acceptors (Lipinski definition) is 5. The molecular formula is C15H15NO7S. The van der Waals surface area contributed by atoms with Gasteiger partial charge in [-0.25, -0.2) is 18.0 Å². The Hall–Kier alpha value is -2.65. The van der Waals surface area contributed by atoms with Gasteiger partial charge in [-0.1, -0.05) is 0 Å². The van der Waals surface area contributed by atoms with Crippen LogP contribution in [0, 0.1) is 6.92 Å². The highest BCUT2D eigenvalue weighted by atomic mass is 32.2. The van der Waals surface area contributed by atoms with Gasteiger partial charge in [-0.15, -0.1) is 0 Å². The lowest BCUT2D eigenvalue weighted by atomic mass is 10.1. The summed E-state index contributed by atoms with van der Waals surface area (Å²) >= 11 is 0. The number of carboxylic acid groups (broad SMARTS) is 2. The van der Waals surface area contributed by atoms with Gasteiger partial charge >= 0.3 is 11.9 Å². The van der Waals surface area contributed by atoms with Gasteiger partial charge in [-0.2, -0.15) is 4.31 Å². The number of carboxylic acids is 2. The van der Waals surface area contributed by atoms with Gasteiger partial charge in [0.05, 0.1) is 22.6 Å². The quantitative estimate of drug-likeness (QED) is 0.811. The molecule has 0 aliphatic rings. The van der Waals surface area contributed by atoms with Crippen LogP contribution in [0.2, 0.25) is 0 Å². The van der Waals surface area contributed by atoms with Crippen LogP contribution in [0.5, 0.6) is 0 Å². The van der Waals surface area contributed by atoms with Crippen molar-refractivity contribution >= 4 is 22.0 Å². The van der Waals surface area contributed by atoms with Crippen molar-refractivity contribution in [3.63, 3.8) is 0 Å². The summed E-state index contributed by atoms with van der Waals surface area (Å²) in [7, 11) is -2.69. The lowest BCUT2D eigenvalue weighted by molar-refractivity contribution is 0.0651. The number of rotatable bonds is 6. The maximum Gasteiger partial charge on any atom is 0.336 e. The molecule has 1 aromatic heterocycles. The first-order chi connectivity index (χ1) is 11.1. The second kappa shape index (κ2) is 6.46. The highest BCUT2D eigenvalue weighted by Gasteiger charge is 2.25. The van der Waals surface area contributed by atoms with Crippen LogP contribution in [-0.2, 0) is 16.6 Å². The molecule has 0 spiro atoms. The normalized spacial score (nSPS) is 11.6. The fourth-order valence-corrected chi connectivity index (χ4v) is 3.27. The van der Waals surface area contributed by atoms with Crippen molar-refractivity contribution in [3.05, 3.63) is 53.0 Å². The Kier molecular flexibility index (Phi) is 4.76. The van der Waals surface area contributed by atoms with Gasteiger partial charge in [0.1, 0.15) is 11.5 Å². The monoisotopic (exact) mass is 353 g/mol. The average Bonchev–Trinajstić information content (AvgIpc) is 2.91. The first-order valence-electron chi connectivity index (χ1n) is 6.75. The molecule has 0 radical (unpaired) electrons. The van der Waals surface area contributed by atoms with Gasteiger partial charge in [-0.05, 0) is 37.3 Å². The molecule has 0 aliphatic carbocycles. The minimum Gasteiger partial charge on any atom is -0.478 e. The highest BCUT2D eigenvalue weighted by Crippen LogP contribution is 2.21. The molecule has 0 saturated heterocycles. The average molecular weight is 353 g/mol. The summed E-state index contributed by atoms with van der Waals surface area (Å²) in [6.45, 7) is 1.68. The van der Waals surface area contributed by atoms with E-state index in [0.717, 1.165) is 22.5 Å². The Labute approximate surface area is 138 Å². The van der Waals surface area contributed by atoms with Crippen molar-refractivity contribution in [1.82, 2.24) is 4.31 Å². The van der Waals surface area contributed by atoms with Crippen molar-refractivity contribution in [2.45, 2.75) is 18.4 Å². The van der Waals surface area contributed by atoms with E-state index >= 15 is 0 Å². The molecule has 2 aromatic rings. The predicted octanol–water partition coefficient (Wildman–Crippen LogP) is 1.81. The van der Waals surface area contributed by atoms with Crippen LogP contribution in [0.25, 0.3) is 0 Å². The summed E-state index contributed by atoms with van der Waals surface area (Å²) in [5, 5.41) is 18.1. The van der Waals surface area contributed by atoms with E-state index in [0.29, 0.717) is 11.5 Å². The van der Waals surface area contributed by atoms with E-state index in [1.807, 2.05) is 0 Å².